The highest BCUT2D eigenvalue weighted by atomic mass is 35.5. The van der Waals surface area contributed by atoms with E-state index >= 15 is 0 Å². The number of carbonyl (C=O) groups excluding carboxylic acids is 1. The third kappa shape index (κ3) is 4.63. The number of carbonyl (C=O) groups is 1. The van der Waals surface area contributed by atoms with E-state index in [1.807, 2.05) is 30.3 Å². The van der Waals surface area contributed by atoms with Gasteiger partial charge in [-0.25, -0.2) is 9.18 Å². The maximum atomic E-state index is 13.9. The number of benzene rings is 2. The molecule has 3 rings (SSSR count). The lowest BCUT2D eigenvalue weighted by Crippen LogP contribution is -2.20. The van der Waals surface area contributed by atoms with Crippen molar-refractivity contribution < 1.29 is 13.9 Å². The Bertz CT molecular complexity index is 993. The number of hydrogen-bond acceptors (Lipinski definition) is 4. The summed E-state index contributed by atoms with van der Waals surface area (Å²) in [6, 6.07) is 15.6. The first-order chi connectivity index (χ1) is 13.0. The highest BCUT2D eigenvalue weighted by molar-refractivity contribution is 7.80. The Labute approximate surface area is 169 Å². The van der Waals surface area contributed by atoms with E-state index in [4.69, 9.17) is 28.6 Å². The molecule has 4 nitrogen and oxygen atoms in total. The van der Waals surface area contributed by atoms with Crippen LogP contribution in [0.3, 0.4) is 0 Å². The maximum Gasteiger partial charge on any atom is 0.340 e. The fourth-order valence-corrected chi connectivity index (χ4v) is 3.83. The quantitative estimate of drug-likeness (QED) is 0.412. The van der Waals surface area contributed by atoms with Gasteiger partial charge in [-0.05, 0) is 42.0 Å². The lowest BCUT2D eigenvalue weighted by molar-refractivity contribution is 0.0602. The predicted octanol–water partition coefficient (Wildman–Crippen LogP) is 5.80. The van der Waals surface area contributed by atoms with Crippen LogP contribution >= 0.6 is 35.2 Å². The fraction of sp³-hybridized carbons (Fsp3) is 0.0526. The number of rotatable bonds is 4. The highest BCUT2D eigenvalue weighted by Gasteiger charge is 2.18. The minimum absolute atomic E-state index is 0.142. The van der Waals surface area contributed by atoms with Gasteiger partial charge >= 0.3 is 5.97 Å². The third-order valence-corrected chi connectivity index (χ3v) is 5.14. The number of esters is 1. The summed E-state index contributed by atoms with van der Waals surface area (Å²) in [5.74, 6) is -1.02. The van der Waals surface area contributed by atoms with Gasteiger partial charge in [0.1, 0.15) is 10.8 Å². The molecule has 0 aliphatic rings. The molecule has 0 aliphatic carbocycles. The van der Waals surface area contributed by atoms with Crippen molar-refractivity contribution in [3.63, 3.8) is 0 Å². The van der Waals surface area contributed by atoms with Crippen molar-refractivity contribution in [2.45, 2.75) is 0 Å². The van der Waals surface area contributed by atoms with Gasteiger partial charge in [0.05, 0.1) is 18.4 Å². The number of halogens is 2. The first-order valence-corrected chi connectivity index (χ1v) is 9.39. The van der Waals surface area contributed by atoms with Crippen LogP contribution in [0, 0.1) is 5.82 Å². The molecule has 0 aliphatic heterocycles. The van der Waals surface area contributed by atoms with Gasteiger partial charge in [0.15, 0.2) is 5.11 Å². The first kappa shape index (κ1) is 19.3. The van der Waals surface area contributed by atoms with Gasteiger partial charge in [-0.2, -0.15) is 0 Å². The number of anilines is 2. The summed E-state index contributed by atoms with van der Waals surface area (Å²) in [6.45, 7) is 0. The number of thiocarbonyl (C=S) groups is 1. The zero-order valence-corrected chi connectivity index (χ0v) is 16.5. The Morgan fingerprint density at radius 2 is 1.89 bits per heavy atom. The second kappa shape index (κ2) is 8.47. The topological polar surface area (TPSA) is 50.4 Å². The second-order valence-electron chi connectivity index (χ2n) is 5.41. The molecule has 1 aromatic heterocycles. The van der Waals surface area contributed by atoms with E-state index in [0.717, 1.165) is 10.4 Å². The van der Waals surface area contributed by atoms with Crippen LogP contribution in [0.1, 0.15) is 10.4 Å². The van der Waals surface area contributed by atoms with Crippen molar-refractivity contribution in [3.05, 3.63) is 71.0 Å². The van der Waals surface area contributed by atoms with Crippen molar-refractivity contribution in [2.24, 2.45) is 0 Å². The van der Waals surface area contributed by atoms with Crippen molar-refractivity contribution in [2.75, 3.05) is 17.7 Å². The van der Waals surface area contributed by atoms with Gasteiger partial charge in [0.2, 0.25) is 0 Å². The average Bonchev–Trinajstić information content (AvgIpc) is 3.08. The third-order valence-electron chi connectivity index (χ3n) is 3.60. The summed E-state index contributed by atoms with van der Waals surface area (Å²) in [7, 11) is 1.31. The molecule has 8 heteroatoms. The Kier molecular flexibility index (Phi) is 6.05. The number of methoxy groups -OCH3 is 1. The summed E-state index contributed by atoms with van der Waals surface area (Å²) in [6.07, 6.45) is 0. The maximum absolute atomic E-state index is 13.9. The molecular formula is C19H14ClFN2O2S2. The molecule has 0 amide bonds. The first-order valence-electron chi connectivity index (χ1n) is 7.78. The molecule has 2 N–H and O–H groups in total. The van der Waals surface area contributed by atoms with E-state index in [2.05, 4.69) is 10.6 Å². The fourth-order valence-electron chi connectivity index (χ4n) is 2.34. The standard InChI is InChI=1S/C19H14ClFN2O2S2/c1-25-18(24)13-10-16(11-5-3-2-4-6-11)27-17(13)23-19(26)22-15-8-7-12(20)9-14(15)21/h2-10H,1H3,(H2,22,23,26). The zero-order valence-electron chi connectivity index (χ0n) is 14.1. The van der Waals surface area contributed by atoms with E-state index in [1.54, 1.807) is 12.1 Å². The molecule has 138 valence electrons. The molecule has 2 aromatic carbocycles. The minimum Gasteiger partial charge on any atom is -0.465 e. The average molecular weight is 421 g/mol. The normalized spacial score (nSPS) is 10.3. The summed E-state index contributed by atoms with van der Waals surface area (Å²) >= 11 is 12.3. The monoisotopic (exact) mass is 420 g/mol. The highest BCUT2D eigenvalue weighted by Crippen LogP contribution is 2.36. The number of ether oxygens (including phenoxy) is 1. The van der Waals surface area contributed by atoms with Crippen LogP contribution in [-0.2, 0) is 4.74 Å². The van der Waals surface area contributed by atoms with Crippen LogP contribution < -0.4 is 10.6 Å². The lowest BCUT2D eigenvalue weighted by atomic mass is 10.1. The number of thiophene rings is 1. The van der Waals surface area contributed by atoms with Crippen molar-refractivity contribution in [1.82, 2.24) is 0 Å². The van der Waals surface area contributed by atoms with Crippen molar-refractivity contribution in [1.29, 1.82) is 0 Å². The lowest BCUT2D eigenvalue weighted by Gasteiger charge is -2.11. The van der Waals surface area contributed by atoms with Crippen LogP contribution in [-0.4, -0.2) is 18.2 Å². The molecule has 0 saturated heterocycles. The summed E-state index contributed by atoms with van der Waals surface area (Å²) in [5, 5.41) is 6.64. The Morgan fingerprint density at radius 3 is 2.56 bits per heavy atom. The Balaban J connectivity index is 1.85. The molecule has 0 atom stereocenters. The summed E-state index contributed by atoms with van der Waals surface area (Å²) in [4.78, 5) is 13.0. The second-order valence-corrected chi connectivity index (χ2v) is 7.31. The zero-order chi connectivity index (χ0) is 19.4. The Hall–Kier alpha value is -2.48. The molecule has 3 aromatic rings. The summed E-state index contributed by atoms with van der Waals surface area (Å²) < 4.78 is 18.8. The Morgan fingerprint density at radius 1 is 1.15 bits per heavy atom. The van der Waals surface area contributed by atoms with E-state index in [9.17, 15) is 9.18 Å². The summed E-state index contributed by atoms with van der Waals surface area (Å²) in [5.41, 5.74) is 1.49. The van der Waals surface area contributed by atoms with E-state index < -0.39 is 11.8 Å². The van der Waals surface area contributed by atoms with Gasteiger partial charge in [0, 0.05) is 9.90 Å². The van der Waals surface area contributed by atoms with Crippen LogP contribution in [0.2, 0.25) is 5.02 Å². The van der Waals surface area contributed by atoms with E-state index in [1.165, 1.54) is 30.6 Å². The molecule has 0 saturated carbocycles. The van der Waals surface area contributed by atoms with Gasteiger partial charge in [0.25, 0.3) is 0 Å². The molecule has 0 spiro atoms. The van der Waals surface area contributed by atoms with E-state index in [0.29, 0.717) is 10.6 Å². The SMILES string of the molecule is COC(=O)c1cc(-c2ccccc2)sc1NC(=S)Nc1ccc(Cl)cc1F. The van der Waals surface area contributed by atoms with Gasteiger partial charge in [-0.1, -0.05) is 41.9 Å². The smallest absolute Gasteiger partial charge is 0.340 e. The molecule has 0 bridgehead atoms. The van der Waals surface area contributed by atoms with Crippen molar-refractivity contribution >= 4 is 56.9 Å². The van der Waals surface area contributed by atoms with Crippen LogP contribution in [0.25, 0.3) is 10.4 Å². The molecule has 0 unspecified atom stereocenters. The van der Waals surface area contributed by atoms with Crippen LogP contribution in [0.5, 0.6) is 0 Å². The van der Waals surface area contributed by atoms with Gasteiger partial charge in [-0.15, -0.1) is 11.3 Å². The number of nitrogens with one attached hydrogen (secondary N) is 2. The minimum atomic E-state index is -0.531. The van der Waals surface area contributed by atoms with Crippen LogP contribution in [0.15, 0.2) is 54.6 Å². The molecule has 0 fully saturated rings. The molecule has 0 radical (unpaired) electrons. The molecule has 27 heavy (non-hydrogen) atoms. The van der Waals surface area contributed by atoms with E-state index in [-0.39, 0.29) is 15.8 Å². The van der Waals surface area contributed by atoms with Gasteiger partial charge in [-0.3, -0.25) is 0 Å². The molecule has 1 heterocycles. The largest absolute Gasteiger partial charge is 0.465 e. The number of hydrogen-bond donors (Lipinski definition) is 2. The van der Waals surface area contributed by atoms with Crippen LogP contribution in [0.4, 0.5) is 15.1 Å². The van der Waals surface area contributed by atoms with Crippen molar-refractivity contribution in [3.8, 4) is 10.4 Å². The molecular weight excluding hydrogens is 407 g/mol. The predicted molar refractivity (Wildman–Crippen MR) is 112 cm³/mol. The van der Waals surface area contributed by atoms with Gasteiger partial charge < -0.3 is 15.4 Å².